The number of aromatic carboxylic acids is 1. The molecule has 4 aromatic rings. The lowest BCUT2D eigenvalue weighted by Gasteiger charge is -2.33. The van der Waals surface area contributed by atoms with Gasteiger partial charge < -0.3 is 15.2 Å². The van der Waals surface area contributed by atoms with Crippen molar-refractivity contribution in [2.75, 3.05) is 6.54 Å². The van der Waals surface area contributed by atoms with Gasteiger partial charge in [-0.2, -0.15) is 0 Å². The van der Waals surface area contributed by atoms with Crippen molar-refractivity contribution in [3.05, 3.63) is 113 Å². The Bertz CT molecular complexity index is 1350. The highest BCUT2D eigenvalue weighted by Crippen LogP contribution is 2.40. The predicted octanol–water partition coefficient (Wildman–Crippen LogP) is 6.31. The molecule has 1 heterocycles. The average Bonchev–Trinajstić information content (AvgIpc) is 2.86. The lowest BCUT2D eigenvalue weighted by molar-refractivity contribution is 0.0691. The van der Waals surface area contributed by atoms with Crippen molar-refractivity contribution in [1.29, 1.82) is 0 Å². The summed E-state index contributed by atoms with van der Waals surface area (Å²) in [6.07, 6.45) is 0.553. The van der Waals surface area contributed by atoms with Crippen molar-refractivity contribution in [3.8, 4) is 5.75 Å². The van der Waals surface area contributed by atoms with Gasteiger partial charge in [-0.05, 0) is 53.4 Å². The number of halogens is 1. The summed E-state index contributed by atoms with van der Waals surface area (Å²) in [6.45, 7) is 2.78. The number of ether oxygens (including phenoxy) is 1. The molecule has 0 aliphatic carbocycles. The minimum Gasteiger partial charge on any atom is -0.489 e. The fourth-order valence-electron chi connectivity index (χ4n) is 4.90. The van der Waals surface area contributed by atoms with Gasteiger partial charge in [0.05, 0.1) is 5.56 Å². The van der Waals surface area contributed by atoms with Crippen LogP contribution < -0.4 is 10.1 Å². The zero-order valence-electron chi connectivity index (χ0n) is 18.9. The molecular weight excluding hydrogens is 429 g/mol. The molecule has 2 N–H and O–H groups in total. The van der Waals surface area contributed by atoms with Crippen molar-refractivity contribution in [2.24, 2.45) is 0 Å². The van der Waals surface area contributed by atoms with Crippen molar-refractivity contribution < 1.29 is 19.0 Å². The molecule has 3 atom stereocenters. The van der Waals surface area contributed by atoms with E-state index in [1.807, 2.05) is 30.3 Å². The number of carboxylic acids is 1. The van der Waals surface area contributed by atoms with Crippen LogP contribution in [0.4, 0.5) is 4.39 Å². The van der Waals surface area contributed by atoms with Crippen LogP contribution in [0.25, 0.3) is 10.8 Å². The molecule has 0 aromatic heterocycles. The van der Waals surface area contributed by atoms with Crippen molar-refractivity contribution in [1.82, 2.24) is 5.32 Å². The van der Waals surface area contributed by atoms with Gasteiger partial charge >= 0.3 is 5.97 Å². The Morgan fingerprint density at radius 2 is 1.82 bits per heavy atom. The Balaban J connectivity index is 1.37. The molecule has 0 saturated carbocycles. The smallest absolute Gasteiger partial charge is 0.338 e. The van der Waals surface area contributed by atoms with Crippen molar-refractivity contribution in [3.63, 3.8) is 0 Å². The molecule has 1 aliphatic heterocycles. The van der Waals surface area contributed by atoms with E-state index >= 15 is 0 Å². The molecule has 5 rings (SSSR count). The second kappa shape index (κ2) is 9.27. The summed E-state index contributed by atoms with van der Waals surface area (Å²) in [5.41, 5.74) is 2.66. The van der Waals surface area contributed by atoms with Crippen LogP contribution in [0.3, 0.4) is 0 Å². The van der Waals surface area contributed by atoms with Gasteiger partial charge in [-0.25, -0.2) is 9.18 Å². The number of hydrogen-bond acceptors (Lipinski definition) is 3. The third-order valence-corrected chi connectivity index (χ3v) is 6.65. The number of benzene rings is 4. The fourth-order valence-corrected chi connectivity index (χ4v) is 4.90. The van der Waals surface area contributed by atoms with Crippen LogP contribution in [0, 0.1) is 5.82 Å². The molecule has 4 nitrogen and oxygen atoms in total. The van der Waals surface area contributed by atoms with Gasteiger partial charge in [-0.1, -0.05) is 66.7 Å². The van der Waals surface area contributed by atoms with Gasteiger partial charge in [0, 0.05) is 24.1 Å². The highest BCUT2D eigenvalue weighted by molar-refractivity contribution is 5.88. The maximum atomic E-state index is 14.5. The minimum absolute atomic E-state index is 0.0815. The van der Waals surface area contributed by atoms with E-state index in [2.05, 4.69) is 48.6 Å². The maximum absolute atomic E-state index is 14.5. The minimum atomic E-state index is -1.26. The molecule has 172 valence electrons. The fraction of sp³-hybridized carbons (Fsp3) is 0.207. The van der Waals surface area contributed by atoms with Gasteiger partial charge in [0.1, 0.15) is 17.7 Å². The van der Waals surface area contributed by atoms with E-state index in [-0.39, 0.29) is 23.6 Å². The second-order valence-corrected chi connectivity index (χ2v) is 8.81. The van der Waals surface area contributed by atoms with E-state index in [9.17, 15) is 14.3 Å². The first-order valence-corrected chi connectivity index (χ1v) is 11.5. The molecule has 1 aliphatic rings. The summed E-state index contributed by atoms with van der Waals surface area (Å²) >= 11 is 0. The molecule has 0 radical (unpaired) electrons. The number of carboxylic acid groups (broad SMARTS) is 1. The molecule has 0 saturated heterocycles. The predicted molar refractivity (Wildman–Crippen MR) is 131 cm³/mol. The van der Waals surface area contributed by atoms with Crippen LogP contribution in [0.15, 0.2) is 84.9 Å². The molecule has 4 aromatic carbocycles. The van der Waals surface area contributed by atoms with E-state index < -0.39 is 11.8 Å². The summed E-state index contributed by atoms with van der Waals surface area (Å²) in [5.74, 6) is -1.28. The van der Waals surface area contributed by atoms with Crippen molar-refractivity contribution >= 4 is 16.7 Å². The SMILES string of the molecule is C[C@@H](NCC1CC(c2ccc(C(=O)O)c(F)c2)c2ccccc2O1)c1cccc2ccccc12. The first kappa shape index (κ1) is 22.1. The van der Waals surface area contributed by atoms with E-state index in [0.29, 0.717) is 13.0 Å². The third-order valence-electron chi connectivity index (χ3n) is 6.65. The van der Waals surface area contributed by atoms with Crippen LogP contribution in [-0.2, 0) is 0 Å². The summed E-state index contributed by atoms with van der Waals surface area (Å²) in [7, 11) is 0. The first-order valence-electron chi connectivity index (χ1n) is 11.5. The zero-order chi connectivity index (χ0) is 23.7. The van der Waals surface area contributed by atoms with Crippen LogP contribution in [0.2, 0.25) is 0 Å². The number of rotatable bonds is 6. The number of hydrogen-bond donors (Lipinski definition) is 2. The Kier molecular flexibility index (Phi) is 6.03. The standard InChI is InChI=1S/C29H26FNO3/c1-18(22-11-6-8-19-7-2-3-9-23(19)22)31-17-21-16-26(24-10-4-5-12-28(24)34-21)20-13-14-25(29(32)33)27(30)15-20/h2-15,18,21,26,31H,16-17H2,1H3,(H,32,33)/t18-,21?,26?/m1/s1. The lowest BCUT2D eigenvalue weighted by Crippen LogP contribution is -2.37. The van der Waals surface area contributed by atoms with E-state index in [0.717, 1.165) is 16.9 Å². The monoisotopic (exact) mass is 455 g/mol. The molecule has 34 heavy (non-hydrogen) atoms. The molecule has 0 fully saturated rings. The molecule has 0 spiro atoms. The van der Waals surface area contributed by atoms with Crippen LogP contribution in [0.5, 0.6) is 5.75 Å². The molecule has 0 bridgehead atoms. The third kappa shape index (κ3) is 4.27. The quantitative estimate of drug-likeness (QED) is 0.358. The highest BCUT2D eigenvalue weighted by atomic mass is 19.1. The summed E-state index contributed by atoms with van der Waals surface area (Å²) in [6, 6.07) is 27.0. The second-order valence-electron chi connectivity index (χ2n) is 8.81. The van der Waals surface area contributed by atoms with Gasteiger partial charge in [0.15, 0.2) is 0 Å². The largest absolute Gasteiger partial charge is 0.489 e. The van der Waals surface area contributed by atoms with Crippen LogP contribution >= 0.6 is 0 Å². The average molecular weight is 456 g/mol. The summed E-state index contributed by atoms with van der Waals surface area (Å²) in [4.78, 5) is 11.2. The molecule has 2 unspecified atom stereocenters. The van der Waals surface area contributed by atoms with E-state index in [1.165, 1.54) is 28.5 Å². The molecule has 5 heteroatoms. The van der Waals surface area contributed by atoms with Crippen molar-refractivity contribution in [2.45, 2.75) is 31.4 Å². The Labute approximate surface area is 198 Å². The van der Waals surface area contributed by atoms with E-state index in [1.54, 1.807) is 6.07 Å². The van der Waals surface area contributed by atoms with Gasteiger partial charge in [0.25, 0.3) is 0 Å². The topological polar surface area (TPSA) is 58.6 Å². The normalized spacial score (nSPS) is 18.2. The molecule has 0 amide bonds. The Morgan fingerprint density at radius 1 is 1.06 bits per heavy atom. The highest BCUT2D eigenvalue weighted by Gasteiger charge is 2.30. The number of carbonyl (C=O) groups is 1. The first-order chi connectivity index (χ1) is 16.5. The number of para-hydroxylation sites is 1. The van der Waals surface area contributed by atoms with Gasteiger partial charge in [-0.3, -0.25) is 0 Å². The number of nitrogens with one attached hydrogen (secondary N) is 1. The Morgan fingerprint density at radius 3 is 2.65 bits per heavy atom. The van der Waals surface area contributed by atoms with Crippen LogP contribution in [0.1, 0.15) is 52.4 Å². The van der Waals surface area contributed by atoms with E-state index in [4.69, 9.17) is 4.74 Å². The summed E-state index contributed by atoms with van der Waals surface area (Å²) < 4.78 is 20.8. The lowest BCUT2D eigenvalue weighted by atomic mass is 9.83. The molecular formula is C29H26FNO3. The van der Waals surface area contributed by atoms with Gasteiger partial charge in [0.2, 0.25) is 0 Å². The van der Waals surface area contributed by atoms with Crippen LogP contribution in [-0.4, -0.2) is 23.7 Å². The summed E-state index contributed by atoms with van der Waals surface area (Å²) in [5, 5.41) is 15.2. The Hall–Kier alpha value is -3.70. The van der Waals surface area contributed by atoms with Gasteiger partial charge in [-0.15, -0.1) is 0 Å². The zero-order valence-corrected chi connectivity index (χ0v) is 18.9. The maximum Gasteiger partial charge on any atom is 0.338 e. The number of fused-ring (bicyclic) bond motifs is 2.